The number of allylic oxidation sites excluding steroid dienone is 2. The van der Waals surface area contributed by atoms with Crippen LogP contribution in [0.5, 0.6) is 0 Å². The molecule has 0 unspecified atom stereocenters. The van der Waals surface area contributed by atoms with Crippen molar-refractivity contribution >= 4 is 11.5 Å². The van der Waals surface area contributed by atoms with Crippen molar-refractivity contribution in [3.8, 4) is 0 Å². The summed E-state index contributed by atoms with van der Waals surface area (Å²) in [5, 5.41) is 0. The van der Waals surface area contributed by atoms with Gasteiger partial charge < -0.3 is 0 Å². The van der Waals surface area contributed by atoms with Gasteiger partial charge in [-0.15, -0.1) is 0 Å². The van der Waals surface area contributed by atoms with Gasteiger partial charge in [-0.3, -0.25) is 9.36 Å². The van der Waals surface area contributed by atoms with Crippen LogP contribution in [0.4, 0.5) is 0 Å². The molecule has 0 bridgehead atoms. The third-order valence-corrected chi connectivity index (χ3v) is 2.04. The van der Waals surface area contributed by atoms with Gasteiger partial charge in [0.05, 0.1) is 5.69 Å². The lowest BCUT2D eigenvalue weighted by Gasteiger charge is -1.97. The summed E-state index contributed by atoms with van der Waals surface area (Å²) in [4.78, 5) is 11.2. The van der Waals surface area contributed by atoms with Crippen LogP contribution in [-0.2, 0) is 0 Å². The number of nitrogens with zero attached hydrogens (tertiary/aromatic N) is 1. The molecule has 11 heavy (non-hydrogen) atoms. The molecule has 0 saturated carbocycles. The minimum atomic E-state index is 0.0833. The van der Waals surface area contributed by atoms with Crippen LogP contribution in [0.2, 0.25) is 0 Å². The Hall–Kier alpha value is -1.31. The van der Waals surface area contributed by atoms with Gasteiger partial charge in [0.25, 0.3) is 5.91 Å². The minimum absolute atomic E-state index is 0.0833. The molecule has 2 heterocycles. The number of aromatic nitrogens is 1. The summed E-state index contributed by atoms with van der Waals surface area (Å²) < 4.78 is 1.73. The number of carbonyl (C=O) groups is 1. The van der Waals surface area contributed by atoms with Gasteiger partial charge in [-0.05, 0) is 31.6 Å². The van der Waals surface area contributed by atoms with E-state index >= 15 is 0 Å². The van der Waals surface area contributed by atoms with Gasteiger partial charge in [-0.2, -0.15) is 0 Å². The van der Waals surface area contributed by atoms with E-state index in [1.54, 1.807) is 10.6 Å². The smallest absolute Gasteiger partial charge is 0.255 e. The molecule has 56 valence electrons. The summed E-state index contributed by atoms with van der Waals surface area (Å²) in [5.41, 5.74) is 3.11. The third-order valence-electron chi connectivity index (χ3n) is 2.04. The third kappa shape index (κ3) is 0.693. The van der Waals surface area contributed by atoms with Crippen molar-refractivity contribution in [3.05, 3.63) is 29.6 Å². The molecule has 1 aliphatic rings. The van der Waals surface area contributed by atoms with Gasteiger partial charge in [-0.1, -0.05) is 0 Å². The molecular formula is C9H9NO. The van der Waals surface area contributed by atoms with Gasteiger partial charge in [0.15, 0.2) is 0 Å². The summed E-state index contributed by atoms with van der Waals surface area (Å²) in [6, 6.07) is 3.94. The highest BCUT2D eigenvalue weighted by Crippen LogP contribution is 2.23. The van der Waals surface area contributed by atoms with Crippen LogP contribution in [0.25, 0.3) is 5.57 Å². The molecule has 2 rings (SSSR count). The predicted octanol–water partition coefficient (Wildman–Crippen LogP) is 1.85. The van der Waals surface area contributed by atoms with Gasteiger partial charge >= 0.3 is 0 Å². The molecule has 0 radical (unpaired) electrons. The SMILES string of the molecule is CC1=CC(=O)n2c(C)ccc21. The molecule has 0 amide bonds. The molecule has 0 N–H and O–H groups in total. The lowest BCUT2D eigenvalue weighted by Crippen LogP contribution is -2.05. The van der Waals surface area contributed by atoms with Crippen LogP contribution < -0.4 is 0 Å². The highest BCUT2D eigenvalue weighted by atomic mass is 16.2. The molecule has 1 aliphatic heterocycles. The average Bonchev–Trinajstić information content (AvgIpc) is 2.41. The topological polar surface area (TPSA) is 22.0 Å². The van der Waals surface area contributed by atoms with Crippen molar-refractivity contribution in [1.29, 1.82) is 0 Å². The summed E-state index contributed by atoms with van der Waals surface area (Å²) >= 11 is 0. The second-order valence-corrected chi connectivity index (χ2v) is 2.86. The van der Waals surface area contributed by atoms with E-state index in [0.29, 0.717) is 0 Å². The second kappa shape index (κ2) is 1.84. The number of aryl methyl sites for hydroxylation is 1. The molecule has 2 nitrogen and oxygen atoms in total. The molecule has 0 aliphatic carbocycles. The number of hydrogen-bond donors (Lipinski definition) is 0. The molecule has 1 aromatic rings. The van der Waals surface area contributed by atoms with Crippen LogP contribution in [0.15, 0.2) is 18.2 Å². The van der Waals surface area contributed by atoms with Crippen molar-refractivity contribution in [2.45, 2.75) is 13.8 Å². The van der Waals surface area contributed by atoms with Crippen molar-refractivity contribution in [2.24, 2.45) is 0 Å². The lowest BCUT2D eigenvalue weighted by molar-refractivity contribution is 0.0972. The van der Waals surface area contributed by atoms with Crippen molar-refractivity contribution < 1.29 is 4.79 Å². The van der Waals surface area contributed by atoms with Crippen molar-refractivity contribution in [3.63, 3.8) is 0 Å². The molecule has 1 aromatic heterocycles. The minimum Gasteiger partial charge on any atom is -0.281 e. The quantitative estimate of drug-likeness (QED) is 0.549. The standard InChI is InChI=1S/C9H9NO/c1-6-5-9(11)10-7(2)3-4-8(6)10/h3-5H,1-2H3. The van der Waals surface area contributed by atoms with Crippen molar-refractivity contribution in [1.82, 2.24) is 4.57 Å². The summed E-state index contributed by atoms with van der Waals surface area (Å²) in [6.07, 6.45) is 1.67. The zero-order valence-corrected chi connectivity index (χ0v) is 6.59. The van der Waals surface area contributed by atoms with Gasteiger partial charge in [-0.25, -0.2) is 0 Å². The normalized spacial score (nSPS) is 15.1. The number of hydrogen-bond acceptors (Lipinski definition) is 1. The fourth-order valence-electron chi connectivity index (χ4n) is 1.46. The van der Waals surface area contributed by atoms with Gasteiger partial charge in [0, 0.05) is 11.8 Å². The van der Waals surface area contributed by atoms with Gasteiger partial charge in [0.2, 0.25) is 0 Å². The largest absolute Gasteiger partial charge is 0.281 e. The van der Waals surface area contributed by atoms with Gasteiger partial charge in [0.1, 0.15) is 0 Å². The Morgan fingerprint density at radius 2 is 2.00 bits per heavy atom. The zero-order chi connectivity index (χ0) is 8.01. The molecule has 0 spiro atoms. The molecule has 0 aromatic carbocycles. The molecule has 0 saturated heterocycles. The fourth-order valence-corrected chi connectivity index (χ4v) is 1.46. The maximum atomic E-state index is 11.2. The summed E-state index contributed by atoms with van der Waals surface area (Å²) in [5.74, 6) is 0.0833. The van der Waals surface area contributed by atoms with E-state index in [2.05, 4.69) is 0 Å². The Balaban J connectivity index is 2.73. The Morgan fingerprint density at radius 3 is 2.64 bits per heavy atom. The summed E-state index contributed by atoms with van der Waals surface area (Å²) in [7, 11) is 0. The molecule has 2 heteroatoms. The van der Waals surface area contributed by atoms with Crippen LogP contribution >= 0.6 is 0 Å². The van der Waals surface area contributed by atoms with E-state index in [9.17, 15) is 4.79 Å². The van der Waals surface area contributed by atoms with Crippen LogP contribution in [0.3, 0.4) is 0 Å². The van der Waals surface area contributed by atoms with Crippen molar-refractivity contribution in [2.75, 3.05) is 0 Å². The predicted molar refractivity (Wildman–Crippen MR) is 43.4 cm³/mol. The zero-order valence-electron chi connectivity index (χ0n) is 6.59. The fraction of sp³-hybridized carbons (Fsp3) is 0.222. The molecule has 0 atom stereocenters. The highest BCUT2D eigenvalue weighted by molar-refractivity contribution is 6.03. The first-order valence-corrected chi connectivity index (χ1v) is 3.61. The number of fused-ring (bicyclic) bond motifs is 1. The van der Waals surface area contributed by atoms with Crippen LogP contribution in [0, 0.1) is 6.92 Å². The molecular weight excluding hydrogens is 138 g/mol. The first-order chi connectivity index (χ1) is 5.20. The Kier molecular flexibility index (Phi) is 1.07. The highest BCUT2D eigenvalue weighted by Gasteiger charge is 2.18. The first kappa shape index (κ1) is 6.40. The van der Waals surface area contributed by atoms with E-state index in [4.69, 9.17) is 0 Å². The average molecular weight is 147 g/mol. The van der Waals surface area contributed by atoms with E-state index in [-0.39, 0.29) is 5.91 Å². The molecule has 0 fully saturated rings. The first-order valence-electron chi connectivity index (χ1n) is 3.61. The maximum Gasteiger partial charge on any atom is 0.255 e. The van der Waals surface area contributed by atoms with E-state index in [1.807, 2.05) is 26.0 Å². The Labute approximate surface area is 65.1 Å². The Morgan fingerprint density at radius 1 is 1.27 bits per heavy atom. The van der Waals surface area contributed by atoms with E-state index in [0.717, 1.165) is 17.0 Å². The second-order valence-electron chi connectivity index (χ2n) is 2.86. The monoisotopic (exact) mass is 147 g/mol. The number of carbonyl (C=O) groups excluding carboxylic acids is 1. The van der Waals surface area contributed by atoms with E-state index < -0.39 is 0 Å². The summed E-state index contributed by atoms with van der Waals surface area (Å²) in [6.45, 7) is 3.89. The van der Waals surface area contributed by atoms with E-state index in [1.165, 1.54) is 0 Å². The van der Waals surface area contributed by atoms with Crippen LogP contribution in [0.1, 0.15) is 23.1 Å². The number of rotatable bonds is 0. The Bertz CT molecular complexity index is 358. The van der Waals surface area contributed by atoms with Crippen LogP contribution in [-0.4, -0.2) is 10.5 Å². The maximum absolute atomic E-state index is 11.2. The lowest BCUT2D eigenvalue weighted by atomic mass is 10.2.